The van der Waals surface area contributed by atoms with Gasteiger partial charge in [0.25, 0.3) is 0 Å². The molecule has 0 aliphatic rings. The summed E-state index contributed by atoms with van der Waals surface area (Å²) < 4.78 is 6.73. The maximum atomic E-state index is 6.00. The predicted molar refractivity (Wildman–Crippen MR) is 75.4 cm³/mol. The van der Waals surface area contributed by atoms with Gasteiger partial charge in [-0.15, -0.1) is 0 Å². The molecule has 0 aliphatic heterocycles. The standard InChI is InChI=1S/C12H11ClINO/c1-3-16-12-9-6-8(13)4-5-10(9)15-7(2)11(12)14/h4-6H,3H2,1-2H3. The average Bonchev–Trinajstić information content (AvgIpc) is 2.26. The lowest BCUT2D eigenvalue weighted by Gasteiger charge is -2.11. The minimum absolute atomic E-state index is 0.640. The van der Waals surface area contributed by atoms with E-state index in [-0.39, 0.29) is 0 Å². The molecule has 16 heavy (non-hydrogen) atoms. The van der Waals surface area contributed by atoms with E-state index in [2.05, 4.69) is 27.6 Å². The van der Waals surface area contributed by atoms with Crippen LogP contribution >= 0.6 is 34.2 Å². The molecule has 4 heteroatoms. The van der Waals surface area contributed by atoms with Gasteiger partial charge in [0.1, 0.15) is 5.75 Å². The number of benzene rings is 1. The van der Waals surface area contributed by atoms with Crippen molar-refractivity contribution in [3.05, 3.63) is 32.5 Å². The number of nitrogens with zero attached hydrogens (tertiary/aromatic N) is 1. The van der Waals surface area contributed by atoms with Gasteiger partial charge in [0, 0.05) is 10.4 Å². The summed E-state index contributed by atoms with van der Waals surface area (Å²) in [6, 6.07) is 5.67. The summed E-state index contributed by atoms with van der Waals surface area (Å²) in [7, 11) is 0. The van der Waals surface area contributed by atoms with E-state index < -0.39 is 0 Å². The van der Waals surface area contributed by atoms with Gasteiger partial charge >= 0.3 is 0 Å². The van der Waals surface area contributed by atoms with Crippen LogP contribution in [0.3, 0.4) is 0 Å². The zero-order valence-corrected chi connectivity index (χ0v) is 12.0. The van der Waals surface area contributed by atoms with Gasteiger partial charge in [-0.1, -0.05) is 11.6 Å². The average molecular weight is 348 g/mol. The molecule has 2 rings (SSSR count). The second-order valence-corrected chi connectivity index (χ2v) is 4.95. The smallest absolute Gasteiger partial charge is 0.143 e. The van der Waals surface area contributed by atoms with Gasteiger partial charge in [0.15, 0.2) is 0 Å². The summed E-state index contributed by atoms with van der Waals surface area (Å²) in [5.41, 5.74) is 1.91. The molecular weight excluding hydrogens is 336 g/mol. The second-order valence-electron chi connectivity index (χ2n) is 3.43. The van der Waals surface area contributed by atoms with E-state index in [9.17, 15) is 0 Å². The van der Waals surface area contributed by atoms with E-state index in [1.807, 2.05) is 32.0 Å². The maximum absolute atomic E-state index is 6.00. The third kappa shape index (κ3) is 2.11. The minimum atomic E-state index is 0.640. The molecule has 1 aromatic heterocycles. The Morgan fingerprint density at radius 2 is 2.19 bits per heavy atom. The first-order valence-corrected chi connectivity index (χ1v) is 6.47. The fourth-order valence-electron chi connectivity index (χ4n) is 1.59. The molecule has 0 spiro atoms. The summed E-state index contributed by atoms with van der Waals surface area (Å²) >= 11 is 8.25. The first-order valence-electron chi connectivity index (χ1n) is 5.01. The number of halogens is 2. The Bertz CT molecular complexity index is 542. The first-order chi connectivity index (χ1) is 7.63. The van der Waals surface area contributed by atoms with Crippen LogP contribution in [-0.2, 0) is 0 Å². The number of hydrogen-bond acceptors (Lipinski definition) is 2. The quantitative estimate of drug-likeness (QED) is 0.760. The van der Waals surface area contributed by atoms with Crippen molar-refractivity contribution in [1.82, 2.24) is 4.98 Å². The molecule has 0 N–H and O–H groups in total. The lowest BCUT2D eigenvalue weighted by atomic mass is 10.2. The number of hydrogen-bond donors (Lipinski definition) is 0. The summed E-state index contributed by atoms with van der Waals surface area (Å²) in [6.07, 6.45) is 0. The number of fused-ring (bicyclic) bond motifs is 1. The Kier molecular flexibility index (Phi) is 3.54. The van der Waals surface area contributed by atoms with E-state index in [1.54, 1.807) is 0 Å². The van der Waals surface area contributed by atoms with Crippen LogP contribution < -0.4 is 4.74 Å². The van der Waals surface area contributed by atoms with Crippen molar-refractivity contribution in [1.29, 1.82) is 0 Å². The van der Waals surface area contributed by atoms with Gasteiger partial charge in [0.05, 0.1) is 21.4 Å². The van der Waals surface area contributed by atoms with Crippen molar-refractivity contribution in [2.45, 2.75) is 13.8 Å². The molecule has 0 fully saturated rings. The Morgan fingerprint density at radius 1 is 1.44 bits per heavy atom. The van der Waals surface area contributed by atoms with Crippen molar-refractivity contribution in [3.63, 3.8) is 0 Å². The zero-order valence-electron chi connectivity index (χ0n) is 9.05. The molecule has 2 nitrogen and oxygen atoms in total. The number of aromatic nitrogens is 1. The molecule has 1 heterocycles. The third-order valence-electron chi connectivity index (χ3n) is 2.30. The van der Waals surface area contributed by atoms with Crippen LogP contribution in [0.5, 0.6) is 5.75 Å². The van der Waals surface area contributed by atoms with Crippen LogP contribution in [0.2, 0.25) is 5.02 Å². The minimum Gasteiger partial charge on any atom is -0.492 e. The van der Waals surface area contributed by atoms with Crippen molar-refractivity contribution in [3.8, 4) is 5.75 Å². The molecule has 0 aliphatic carbocycles. The molecule has 0 amide bonds. The van der Waals surface area contributed by atoms with Crippen LogP contribution in [0.4, 0.5) is 0 Å². The highest BCUT2D eigenvalue weighted by Crippen LogP contribution is 2.33. The molecule has 1 aromatic carbocycles. The van der Waals surface area contributed by atoms with Gasteiger partial charge in [0.2, 0.25) is 0 Å². The highest BCUT2D eigenvalue weighted by Gasteiger charge is 2.11. The molecule has 0 bridgehead atoms. The largest absolute Gasteiger partial charge is 0.492 e. The maximum Gasteiger partial charge on any atom is 0.143 e. The molecular formula is C12H11ClINO. The Hall–Kier alpha value is -0.550. The molecule has 0 saturated heterocycles. The van der Waals surface area contributed by atoms with E-state index >= 15 is 0 Å². The summed E-state index contributed by atoms with van der Waals surface area (Å²) in [6.45, 7) is 4.60. The fraction of sp³-hybridized carbons (Fsp3) is 0.250. The second kappa shape index (κ2) is 4.75. The number of pyridine rings is 1. The SMILES string of the molecule is CCOc1c(I)c(C)nc2ccc(Cl)cc12. The number of ether oxygens (including phenoxy) is 1. The third-order valence-corrected chi connectivity index (χ3v) is 3.80. The van der Waals surface area contributed by atoms with Crippen LogP contribution in [0.15, 0.2) is 18.2 Å². The monoisotopic (exact) mass is 347 g/mol. The highest BCUT2D eigenvalue weighted by molar-refractivity contribution is 14.1. The molecule has 0 saturated carbocycles. The van der Waals surface area contributed by atoms with Crippen LogP contribution in [0, 0.1) is 10.5 Å². The normalized spacial score (nSPS) is 10.8. The molecule has 0 unspecified atom stereocenters. The number of aryl methyl sites for hydroxylation is 1. The summed E-state index contributed by atoms with van der Waals surface area (Å²) in [4.78, 5) is 4.51. The van der Waals surface area contributed by atoms with Crippen molar-refractivity contribution < 1.29 is 4.74 Å². The van der Waals surface area contributed by atoms with E-state index in [0.29, 0.717) is 11.6 Å². The molecule has 0 atom stereocenters. The van der Waals surface area contributed by atoms with E-state index in [0.717, 1.165) is 25.9 Å². The van der Waals surface area contributed by atoms with Crippen LogP contribution in [0.1, 0.15) is 12.6 Å². The fourth-order valence-corrected chi connectivity index (χ4v) is 2.32. The lowest BCUT2D eigenvalue weighted by Crippen LogP contribution is -1.99. The molecule has 84 valence electrons. The van der Waals surface area contributed by atoms with E-state index in [1.165, 1.54) is 0 Å². The van der Waals surface area contributed by atoms with Gasteiger partial charge in [-0.25, -0.2) is 0 Å². The summed E-state index contributed by atoms with van der Waals surface area (Å²) in [5, 5.41) is 1.68. The Morgan fingerprint density at radius 3 is 2.88 bits per heavy atom. The predicted octanol–water partition coefficient (Wildman–Crippen LogP) is 4.20. The van der Waals surface area contributed by atoms with Gasteiger partial charge in [-0.05, 0) is 54.6 Å². The van der Waals surface area contributed by atoms with Gasteiger partial charge in [-0.2, -0.15) is 0 Å². The first kappa shape index (κ1) is 11.9. The Labute approximate surface area is 113 Å². The molecule has 0 radical (unpaired) electrons. The zero-order chi connectivity index (χ0) is 11.7. The van der Waals surface area contributed by atoms with Gasteiger partial charge < -0.3 is 4.74 Å². The van der Waals surface area contributed by atoms with Gasteiger partial charge in [-0.3, -0.25) is 4.98 Å². The topological polar surface area (TPSA) is 22.1 Å². The van der Waals surface area contributed by atoms with Crippen molar-refractivity contribution in [2.24, 2.45) is 0 Å². The van der Waals surface area contributed by atoms with Crippen LogP contribution in [-0.4, -0.2) is 11.6 Å². The van der Waals surface area contributed by atoms with Crippen molar-refractivity contribution in [2.75, 3.05) is 6.61 Å². The van der Waals surface area contributed by atoms with Crippen molar-refractivity contribution >= 4 is 45.1 Å². The Balaban J connectivity index is 2.79. The van der Waals surface area contributed by atoms with E-state index in [4.69, 9.17) is 16.3 Å². The lowest BCUT2D eigenvalue weighted by molar-refractivity contribution is 0.341. The van der Waals surface area contributed by atoms with Crippen LogP contribution in [0.25, 0.3) is 10.9 Å². The summed E-state index contributed by atoms with van der Waals surface area (Å²) in [5.74, 6) is 0.883. The highest BCUT2D eigenvalue weighted by atomic mass is 127. The molecule has 2 aromatic rings. The number of rotatable bonds is 2.